The lowest BCUT2D eigenvalue weighted by atomic mass is 10.0. The van der Waals surface area contributed by atoms with E-state index in [4.69, 9.17) is 4.74 Å². The fourth-order valence-electron chi connectivity index (χ4n) is 4.95. The number of ether oxygens (including phenoxy) is 1. The van der Waals surface area contributed by atoms with E-state index < -0.39 is 27.6 Å². The van der Waals surface area contributed by atoms with Crippen molar-refractivity contribution in [3.05, 3.63) is 50.1 Å². The minimum absolute atomic E-state index is 0.142. The number of hydroxylamine groups is 1. The van der Waals surface area contributed by atoms with Crippen LogP contribution in [0.15, 0.2) is 21.9 Å². The zero-order valence-corrected chi connectivity index (χ0v) is 22.4. The van der Waals surface area contributed by atoms with Crippen molar-refractivity contribution in [3.8, 4) is 0 Å². The van der Waals surface area contributed by atoms with Gasteiger partial charge in [0, 0.05) is 38.4 Å². The number of piperazine rings is 1. The van der Waals surface area contributed by atoms with E-state index in [-0.39, 0.29) is 21.8 Å². The Kier molecular flexibility index (Phi) is 7.99. The molecule has 12 nitrogen and oxygen atoms in total. The number of sulfonamides is 1. The first-order chi connectivity index (χ1) is 17.6. The molecule has 4 rings (SSSR count). The molecule has 1 aliphatic heterocycles. The average Bonchev–Trinajstić information content (AvgIpc) is 3.16. The Hall–Kier alpha value is -2.84. The number of aryl methyl sites for hydroxylation is 2. The summed E-state index contributed by atoms with van der Waals surface area (Å²) in [6.07, 6.45) is 4.07. The SMILES string of the molecule is CCCc1c(C(=O)NO)c(C)c2c(=O)[nH]c(C3=CC(S(=O)(=O)N4CCN(C)CC4)=CCC3OCC)nn12. The van der Waals surface area contributed by atoms with Gasteiger partial charge in [0.25, 0.3) is 11.5 Å². The molecule has 3 N–H and O–H groups in total. The molecule has 1 amide bonds. The number of rotatable bonds is 8. The largest absolute Gasteiger partial charge is 0.373 e. The first kappa shape index (κ1) is 27.2. The van der Waals surface area contributed by atoms with Crippen molar-refractivity contribution in [2.75, 3.05) is 39.8 Å². The van der Waals surface area contributed by atoms with Crippen molar-refractivity contribution >= 4 is 27.0 Å². The zero-order chi connectivity index (χ0) is 26.9. The van der Waals surface area contributed by atoms with E-state index >= 15 is 0 Å². The van der Waals surface area contributed by atoms with Gasteiger partial charge in [-0.1, -0.05) is 19.4 Å². The summed E-state index contributed by atoms with van der Waals surface area (Å²) in [5.74, 6) is -0.557. The van der Waals surface area contributed by atoms with Crippen LogP contribution >= 0.6 is 0 Å². The van der Waals surface area contributed by atoms with Gasteiger partial charge in [-0.15, -0.1) is 5.10 Å². The number of nitrogens with zero attached hydrogens (tertiary/aromatic N) is 4. The number of likely N-dealkylation sites (N-methyl/N-ethyl adjacent to an activating group) is 1. The van der Waals surface area contributed by atoms with E-state index in [2.05, 4.69) is 15.0 Å². The van der Waals surface area contributed by atoms with E-state index in [1.807, 2.05) is 20.9 Å². The Morgan fingerprint density at radius 1 is 1.27 bits per heavy atom. The van der Waals surface area contributed by atoms with Crippen LogP contribution in [0, 0.1) is 6.92 Å². The van der Waals surface area contributed by atoms with Crippen LogP contribution in [0.2, 0.25) is 0 Å². The standard InChI is InChI=1S/C24H34N6O6S/c1-5-7-18-20(23(31)27-33)15(3)21-24(32)25-22(26-30(18)21)17-14-16(8-9-19(17)36-6-2)37(34,35)29-12-10-28(4)11-13-29/h8,14,19,33H,5-7,9-13H2,1-4H3,(H,27,31)(H,25,26,32). The first-order valence-corrected chi connectivity index (χ1v) is 13.9. The molecule has 0 bridgehead atoms. The van der Waals surface area contributed by atoms with Crippen LogP contribution in [0.5, 0.6) is 0 Å². The normalized spacial score (nSPS) is 19.6. The lowest BCUT2D eigenvalue weighted by Gasteiger charge is -2.32. The van der Waals surface area contributed by atoms with Crippen molar-refractivity contribution in [1.82, 2.24) is 29.3 Å². The van der Waals surface area contributed by atoms with Crippen LogP contribution in [0.1, 0.15) is 54.1 Å². The van der Waals surface area contributed by atoms with Gasteiger partial charge in [0.1, 0.15) is 5.52 Å². The second-order valence-corrected chi connectivity index (χ2v) is 11.2. The minimum Gasteiger partial charge on any atom is -0.373 e. The van der Waals surface area contributed by atoms with Gasteiger partial charge >= 0.3 is 0 Å². The monoisotopic (exact) mass is 534 g/mol. The average molecular weight is 535 g/mol. The van der Waals surface area contributed by atoms with Gasteiger partial charge < -0.3 is 14.6 Å². The molecule has 3 heterocycles. The molecule has 202 valence electrons. The number of carbonyl (C=O) groups is 1. The Morgan fingerprint density at radius 2 is 1.97 bits per heavy atom. The molecule has 1 atom stereocenters. The van der Waals surface area contributed by atoms with E-state index in [1.54, 1.807) is 18.5 Å². The predicted molar refractivity (Wildman–Crippen MR) is 138 cm³/mol. The zero-order valence-electron chi connectivity index (χ0n) is 21.6. The van der Waals surface area contributed by atoms with Crippen molar-refractivity contribution in [2.45, 2.75) is 46.1 Å². The number of hydrogen-bond donors (Lipinski definition) is 3. The second-order valence-electron chi connectivity index (χ2n) is 9.29. The molecule has 2 aliphatic rings. The summed E-state index contributed by atoms with van der Waals surface area (Å²) in [6.45, 7) is 7.86. The number of hydrogen-bond acceptors (Lipinski definition) is 8. The summed E-state index contributed by atoms with van der Waals surface area (Å²) in [7, 11) is -1.79. The van der Waals surface area contributed by atoms with Gasteiger partial charge in [-0.2, -0.15) is 4.31 Å². The van der Waals surface area contributed by atoms with Crippen molar-refractivity contribution in [2.24, 2.45) is 0 Å². The van der Waals surface area contributed by atoms with Gasteiger partial charge in [0.05, 0.1) is 22.3 Å². The molecule has 0 spiro atoms. The molecular formula is C24H34N6O6S. The number of amides is 1. The number of nitrogens with one attached hydrogen (secondary N) is 2. The van der Waals surface area contributed by atoms with E-state index in [0.717, 1.165) is 0 Å². The Balaban J connectivity index is 1.86. The summed E-state index contributed by atoms with van der Waals surface area (Å²) in [5, 5.41) is 13.9. The fourth-order valence-corrected chi connectivity index (χ4v) is 6.48. The summed E-state index contributed by atoms with van der Waals surface area (Å²) in [4.78, 5) is 30.7. The molecule has 1 saturated heterocycles. The molecule has 0 radical (unpaired) electrons. The van der Waals surface area contributed by atoms with Crippen LogP contribution in [0.4, 0.5) is 0 Å². The number of aromatic amines is 1. The molecule has 2 aromatic heterocycles. The van der Waals surface area contributed by atoms with Gasteiger partial charge in [-0.05, 0) is 45.4 Å². The molecule has 1 aliphatic carbocycles. The van der Waals surface area contributed by atoms with Crippen molar-refractivity contribution < 1.29 is 23.2 Å². The maximum Gasteiger partial charge on any atom is 0.276 e. The first-order valence-electron chi connectivity index (χ1n) is 12.4. The molecule has 37 heavy (non-hydrogen) atoms. The molecular weight excluding hydrogens is 500 g/mol. The predicted octanol–water partition coefficient (Wildman–Crippen LogP) is 1.06. The smallest absolute Gasteiger partial charge is 0.276 e. The highest BCUT2D eigenvalue weighted by molar-refractivity contribution is 7.93. The van der Waals surface area contributed by atoms with Crippen LogP contribution in [-0.4, -0.2) is 89.3 Å². The Labute approximate surface area is 215 Å². The number of H-pyrrole nitrogens is 1. The maximum absolute atomic E-state index is 13.5. The highest BCUT2D eigenvalue weighted by Gasteiger charge is 2.33. The van der Waals surface area contributed by atoms with Crippen LogP contribution in [0.25, 0.3) is 11.1 Å². The Morgan fingerprint density at radius 3 is 2.59 bits per heavy atom. The number of carbonyl (C=O) groups excluding carboxylic acids is 1. The third kappa shape index (κ3) is 5.01. The number of fused-ring (bicyclic) bond motifs is 1. The molecule has 0 saturated carbocycles. The highest BCUT2D eigenvalue weighted by Crippen LogP contribution is 2.31. The van der Waals surface area contributed by atoms with E-state index in [1.165, 1.54) is 14.9 Å². The maximum atomic E-state index is 13.5. The summed E-state index contributed by atoms with van der Waals surface area (Å²) < 4.78 is 35.7. The fraction of sp³-hybridized carbons (Fsp3) is 0.542. The molecule has 0 aromatic carbocycles. The molecule has 2 aromatic rings. The molecule has 13 heteroatoms. The molecule has 1 fully saturated rings. The Bertz CT molecular complexity index is 1420. The summed E-state index contributed by atoms with van der Waals surface area (Å²) >= 11 is 0. The van der Waals surface area contributed by atoms with Gasteiger partial charge in [-0.25, -0.2) is 18.4 Å². The second kappa shape index (κ2) is 10.9. The number of allylic oxidation sites excluding steroid dienone is 1. The third-order valence-corrected chi connectivity index (χ3v) is 8.79. The summed E-state index contributed by atoms with van der Waals surface area (Å²) in [6, 6.07) is 0. The topological polar surface area (TPSA) is 149 Å². The third-order valence-electron chi connectivity index (χ3n) is 6.87. The van der Waals surface area contributed by atoms with Crippen molar-refractivity contribution in [1.29, 1.82) is 0 Å². The minimum atomic E-state index is -3.75. The van der Waals surface area contributed by atoms with E-state index in [9.17, 15) is 23.2 Å². The number of aromatic nitrogens is 3. The molecule has 1 unspecified atom stereocenters. The van der Waals surface area contributed by atoms with Gasteiger partial charge in [0.15, 0.2) is 5.82 Å². The van der Waals surface area contributed by atoms with E-state index in [0.29, 0.717) is 68.9 Å². The van der Waals surface area contributed by atoms with Crippen LogP contribution < -0.4 is 11.0 Å². The lowest BCUT2D eigenvalue weighted by Crippen LogP contribution is -2.47. The summed E-state index contributed by atoms with van der Waals surface area (Å²) in [5.41, 5.74) is 2.88. The van der Waals surface area contributed by atoms with Gasteiger partial charge in [0.2, 0.25) is 10.0 Å². The quantitative estimate of drug-likeness (QED) is 0.336. The van der Waals surface area contributed by atoms with Gasteiger partial charge in [-0.3, -0.25) is 14.8 Å². The van der Waals surface area contributed by atoms with Crippen molar-refractivity contribution in [3.63, 3.8) is 0 Å². The van der Waals surface area contributed by atoms with Crippen LogP contribution in [-0.2, 0) is 21.2 Å². The lowest BCUT2D eigenvalue weighted by molar-refractivity contribution is 0.0704. The van der Waals surface area contributed by atoms with Crippen LogP contribution in [0.3, 0.4) is 0 Å². The highest BCUT2D eigenvalue weighted by atomic mass is 32.2.